The van der Waals surface area contributed by atoms with E-state index in [1.54, 1.807) is 0 Å². The Balaban J connectivity index is 2.31. The molecule has 0 radical (unpaired) electrons. The van der Waals surface area contributed by atoms with Crippen molar-refractivity contribution in [2.24, 2.45) is 0 Å². The Labute approximate surface area is 110 Å². The smallest absolute Gasteiger partial charge is 0.126 e. The minimum Gasteiger partial charge on any atom is -0.490 e. The van der Waals surface area contributed by atoms with Crippen molar-refractivity contribution in [2.75, 3.05) is 6.61 Å². The average molecular weight is 248 g/mol. The quantitative estimate of drug-likeness (QED) is 0.880. The Bertz CT molecular complexity index is 406. The van der Waals surface area contributed by atoms with Gasteiger partial charge in [-0.3, -0.25) is 0 Å². The maximum atomic E-state index is 9.38. The van der Waals surface area contributed by atoms with E-state index in [0.29, 0.717) is 6.10 Å². The number of rotatable bonds is 4. The zero-order chi connectivity index (χ0) is 13.1. The van der Waals surface area contributed by atoms with Crippen LogP contribution < -0.4 is 4.74 Å². The van der Waals surface area contributed by atoms with Crippen molar-refractivity contribution >= 4 is 0 Å². The van der Waals surface area contributed by atoms with E-state index in [0.717, 1.165) is 11.3 Å². The van der Waals surface area contributed by atoms with Crippen LogP contribution in [0.1, 0.15) is 55.2 Å². The second-order valence-corrected chi connectivity index (χ2v) is 5.53. The standard InChI is InChI=1S/C16H24O2/c1-11-8-9-15(12(2)10-17)16(13(11)3)18-14-6-4-5-7-14/h8-9,12,14,17H,4-7,10H2,1-3H3. The Morgan fingerprint density at radius 2 is 1.94 bits per heavy atom. The lowest BCUT2D eigenvalue weighted by atomic mass is 9.96. The Morgan fingerprint density at radius 3 is 2.56 bits per heavy atom. The summed E-state index contributed by atoms with van der Waals surface area (Å²) in [6, 6.07) is 4.23. The number of aryl methyl sites for hydroxylation is 1. The van der Waals surface area contributed by atoms with Gasteiger partial charge in [0.1, 0.15) is 5.75 Å². The molecule has 2 rings (SSSR count). The van der Waals surface area contributed by atoms with Crippen molar-refractivity contribution in [3.63, 3.8) is 0 Å². The highest BCUT2D eigenvalue weighted by Gasteiger charge is 2.21. The summed E-state index contributed by atoms with van der Waals surface area (Å²) >= 11 is 0. The Hall–Kier alpha value is -1.02. The molecule has 1 N–H and O–H groups in total. The lowest BCUT2D eigenvalue weighted by Crippen LogP contribution is -2.15. The highest BCUT2D eigenvalue weighted by Crippen LogP contribution is 2.35. The molecule has 2 heteroatoms. The number of benzene rings is 1. The second kappa shape index (κ2) is 5.75. The van der Waals surface area contributed by atoms with E-state index in [1.807, 2.05) is 6.92 Å². The van der Waals surface area contributed by atoms with Gasteiger partial charge in [-0.2, -0.15) is 0 Å². The third-order valence-electron chi connectivity index (χ3n) is 4.10. The lowest BCUT2D eigenvalue weighted by molar-refractivity contribution is 0.202. The molecule has 100 valence electrons. The van der Waals surface area contributed by atoms with Gasteiger partial charge in [-0.15, -0.1) is 0 Å². The first kappa shape index (κ1) is 13.4. The normalized spacial score (nSPS) is 18.0. The highest BCUT2D eigenvalue weighted by molar-refractivity contribution is 5.47. The number of aliphatic hydroxyl groups excluding tert-OH is 1. The predicted molar refractivity (Wildman–Crippen MR) is 74.3 cm³/mol. The van der Waals surface area contributed by atoms with Crippen LogP contribution in [0, 0.1) is 13.8 Å². The molecule has 2 nitrogen and oxygen atoms in total. The third kappa shape index (κ3) is 2.69. The molecule has 1 aliphatic carbocycles. The summed E-state index contributed by atoms with van der Waals surface area (Å²) in [6.45, 7) is 6.45. The van der Waals surface area contributed by atoms with Gasteiger partial charge in [0.05, 0.1) is 6.10 Å². The first-order valence-corrected chi connectivity index (χ1v) is 7.01. The molecule has 1 atom stereocenters. The average Bonchev–Trinajstić information content (AvgIpc) is 2.87. The molecule has 0 aliphatic heterocycles. The number of ether oxygens (including phenoxy) is 1. The molecule has 0 spiro atoms. The minimum atomic E-state index is 0.140. The fraction of sp³-hybridized carbons (Fsp3) is 0.625. The molecule has 0 aromatic heterocycles. The largest absolute Gasteiger partial charge is 0.490 e. The van der Waals surface area contributed by atoms with Crippen LogP contribution in [-0.4, -0.2) is 17.8 Å². The van der Waals surface area contributed by atoms with Crippen LogP contribution in [0.3, 0.4) is 0 Å². The van der Waals surface area contributed by atoms with Crippen LogP contribution in [0.2, 0.25) is 0 Å². The molecule has 1 aromatic carbocycles. The summed E-state index contributed by atoms with van der Waals surface area (Å²) in [6.07, 6.45) is 5.26. The minimum absolute atomic E-state index is 0.140. The molecular weight excluding hydrogens is 224 g/mol. The summed E-state index contributed by atoms with van der Waals surface area (Å²) < 4.78 is 6.23. The fourth-order valence-corrected chi connectivity index (χ4v) is 2.63. The fourth-order valence-electron chi connectivity index (χ4n) is 2.63. The van der Waals surface area contributed by atoms with E-state index in [1.165, 1.54) is 36.8 Å². The maximum Gasteiger partial charge on any atom is 0.126 e. The van der Waals surface area contributed by atoms with Gasteiger partial charge in [0.25, 0.3) is 0 Å². The van der Waals surface area contributed by atoms with E-state index < -0.39 is 0 Å². The molecule has 1 unspecified atom stereocenters. The first-order valence-electron chi connectivity index (χ1n) is 7.01. The van der Waals surface area contributed by atoms with Gasteiger partial charge >= 0.3 is 0 Å². The highest BCUT2D eigenvalue weighted by atomic mass is 16.5. The number of hydrogen-bond donors (Lipinski definition) is 1. The van der Waals surface area contributed by atoms with Gasteiger partial charge in [-0.1, -0.05) is 19.1 Å². The first-order chi connectivity index (χ1) is 8.63. The number of hydrogen-bond acceptors (Lipinski definition) is 2. The van der Waals surface area contributed by atoms with Gasteiger partial charge in [0.15, 0.2) is 0 Å². The SMILES string of the molecule is Cc1ccc(C(C)CO)c(OC2CCCC2)c1C. The lowest BCUT2D eigenvalue weighted by Gasteiger charge is -2.22. The van der Waals surface area contributed by atoms with E-state index in [2.05, 4.69) is 26.0 Å². The summed E-state index contributed by atoms with van der Waals surface area (Å²) in [7, 11) is 0. The topological polar surface area (TPSA) is 29.5 Å². The third-order valence-corrected chi connectivity index (χ3v) is 4.10. The molecule has 0 saturated heterocycles. The van der Waals surface area contributed by atoms with Gasteiger partial charge in [0, 0.05) is 12.5 Å². The molecule has 0 heterocycles. The summed E-state index contributed by atoms with van der Waals surface area (Å²) in [5.41, 5.74) is 3.63. The van der Waals surface area contributed by atoms with Crippen LogP contribution in [0.15, 0.2) is 12.1 Å². The van der Waals surface area contributed by atoms with Crippen LogP contribution in [0.4, 0.5) is 0 Å². The van der Waals surface area contributed by atoms with Crippen molar-refractivity contribution in [3.8, 4) is 5.75 Å². The Morgan fingerprint density at radius 1 is 1.28 bits per heavy atom. The van der Waals surface area contributed by atoms with Crippen molar-refractivity contribution in [1.29, 1.82) is 0 Å². The maximum absolute atomic E-state index is 9.38. The summed E-state index contributed by atoms with van der Waals surface area (Å²) in [5.74, 6) is 1.16. The second-order valence-electron chi connectivity index (χ2n) is 5.53. The van der Waals surface area contributed by atoms with Gasteiger partial charge in [0.2, 0.25) is 0 Å². The van der Waals surface area contributed by atoms with E-state index >= 15 is 0 Å². The van der Waals surface area contributed by atoms with Gasteiger partial charge < -0.3 is 9.84 Å². The molecule has 18 heavy (non-hydrogen) atoms. The van der Waals surface area contributed by atoms with Crippen LogP contribution >= 0.6 is 0 Å². The van der Waals surface area contributed by atoms with Crippen molar-refractivity contribution in [3.05, 3.63) is 28.8 Å². The summed E-state index contributed by atoms with van der Waals surface area (Å²) in [4.78, 5) is 0. The van der Waals surface area contributed by atoms with Crippen molar-refractivity contribution < 1.29 is 9.84 Å². The molecule has 0 bridgehead atoms. The predicted octanol–water partition coefficient (Wildman–Crippen LogP) is 3.72. The van der Waals surface area contributed by atoms with Crippen LogP contribution in [-0.2, 0) is 0 Å². The van der Waals surface area contributed by atoms with Crippen LogP contribution in [0.5, 0.6) is 5.75 Å². The van der Waals surface area contributed by atoms with E-state index in [9.17, 15) is 5.11 Å². The van der Waals surface area contributed by atoms with Gasteiger partial charge in [-0.25, -0.2) is 0 Å². The zero-order valence-corrected chi connectivity index (χ0v) is 11.7. The Kier molecular flexibility index (Phi) is 4.28. The summed E-state index contributed by atoms with van der Waals surface area (Å²) in [5, 5.41) is 9.38. The number of aliphatic hydroxyl groups is 1. The molecule has 0 amide bonds. The molecule has 1 aromatic rings. The molecule has 1 saturated carbocycles. The van der Waals surface area contributed by atoms with Crippen molar-refractivity contribution in [1.82, 2.24) is 0 Å². The zero-order valence-electron chi connectivity index (χ0n) is 11.7. The molecule has 1 aliphatic rings. The van der Waals surface area contributed by atoms with Crippen molar-refractivity contribution in [2.45, 2.75) is 58.5 Å². The molecule has 1 fully saturated rings. The van der Waals surface area contributed by atoms with Crippen LogP contribution in [0.25, 0.3) is 0 Å². The van der Waals surface area contributed by atoms with E-state index in [4.69, 9.17) is 4.74 Å². The van der Waals surface area contributed by atoms with Gasteiger partial charge in [-0.05, 0) is 56.2 Å². The monoisotopic (exact) mass is 248 g/mol. The van der Waals surface area contributed by atoms with E-state index in [-0.39, 0.29) is 12.5 Å². The molecular formula is C16H24O2.